The van der Waals surface area contributed by atoms with Gasteiger partial charge in [-0.15, -0.1) is 0 Å². The van der Waals surface area contributed by atoms with Crippen molar-refractivity contribution in [2.24, 2.45) is 0 Å². The minimum absolute atomic E-state index is 0.132. The van der Waals surface area contributed by atoms with Crippen LogP contribution in [0.3, 0.4) is 0 Å². The lowest BCUT2D eigenvalue weighted by Crippen LogP contribution is -2.23. The molecule has 0 heterocycles. The molecule has 6 nitrogen and oxygen atoms in total. The summed E-state index contributed by atoms with van der Waals surface area (Å²) in [5.41, 5.74) is -5.84. The molecule has 0 fully saturated rings. The number of aromatic hydroxyl groups is 1. The van der Waals surface area contributed by atoms with Crippen molar-refractivity contribution in [3.63, 3.8) is 0 Å². The van der Waals surface area contributed by atoms with Gasteiger partial charge in [-0.25, -0.2) is 8.42 Å². The number of phenols is 1. The highest BCUT2D eigenvalue weighted by Crippen LogP contribution is 2.40. The number of phenolic OH excluding ortho intramolecular Hbond substituents is 1. The molecular weight excluding hydrogens is 491 g/mol. The molecule has 0 radical (unpaired) electrons. The fourth-order valence-electron chi connectivity index (χ4n) is 3.09. The number of carbonyl (C=O) groups excluding carboxylic acids is 1. The number of aryl methyl sites for hydroxylation is 1. The summed E-state index contributed by atoms with van der Waals surface area (Å²) in [7, 11) is -7.06. The van der Waals surface area contributed by atoms with Crippen molar-refractivity contribution in [1.29, 1.82) is 0 Å². The Bertz CT molecular complexity index is 1220. The van der Waals surface area contributed by atoms with Crippen LogP contribution in [0.4, 0.5) is 18.9 Å². The fraction of sp³-hybridized carbons (Fsp3) is 0.350. The Kier molecular flexibility index (Phi) is 7.09. The van der Waals surface area contributed by atoms with Crippen LogP contribution in [-0.4, -0.2) is 35.4 Å². The Labute approximate surface area is 191 Å². The second kappa shape index (κ2) is 8.68. The van der Waals surface area contributed by atoms with Crippen LogP contribution in [0.5, 0.6) is 5.75 Å². The molecule has 0 spiro atoms. The zero-order valence-electron chi connectivity index (χ0n) is 17.7. The molecule has 1 unspecified atom stereocenters. The van der Waals surface area contributed by atoms with E-state index in [1.54, 1.807) is 20.8 Å². The zero-order chi connectivity index (χ0) is 24.8. The summed E-state index contributed by atoms with van der Waals surface area (Å²) >= 11 is 5.92. The van der Waals surface area contributed by atoms with Gasteiger partial charge >= 0.3 is 5.51 Å². The van der Waals surface area contributed by atoms with Gasteiger partial charge in [-0.1, -0.05) is 32.4 Å². The SMILES string of the molecule is Cc1cc(S(C)=O)c(C(C)(C)C)c(O)c1C(=O)Nc1ccc(S(=O)(=O)C(F)(F)F)cc1Cl. The third-order valence-electron chi connectivity index (χ3n) is 4.55. The molecule has 12 heteroatoms. The number of carbonyl (C=O) groups is 1. The third kappa shape index (κ3) is 4.94. The monoisotopic (exact) mass is 511 g/mol. The third-order valence-corrected chi connectivity index (χ3v) is 7.29. The van der Waals surface area contributed by atoms with Crippen LogP contribution in [0.15, 0.2) is 34.1 Å². The standard InChI is InChI=1S/C20H21ClF3NO5S2/c1-10-8-14(31(5)28)16(19(2,3)4)17(26)15(10)18(27)25-13-7-6-11(9-12(13)21)32(29,30)20(22,23)24/h6-9,26H,1-5H3,(H,25,27). The number of hydrogen-bond acceptors (Lipinski definition) is 5. The van der Waals surface area contributed by atoms with Crippen molar-refractivity contribution in [3.8, 4) is 5.75 Å². The van der Waals surface area contributed by atoms with Crippen molar-refractivity contribution in [1.82, 2.24) is 0 Å². The quantitative estimate of drug-likeness (QED) is 0.606. The van der Waals surface area contributed by atoms with E-state index in [4.69, 9.17) is 11.6 Å². The first-order valence-corrected chi connectivity index (χ1v) is 12.4. The number of halogens is 4. The van der Waals surface area contributed by atoms with Gasteiger partial charge in [0.05, 0.1) is 32.0 Å². The van der Waals surface area contributed by atoms with Crippen molar-refractivity contribution in [2.75, 3.05) is 11.6 Å². The first kappa shape index (κ1) is 26.1. The average Bonchev–Trinajstić information content (AvgIpc) is 2.60. The predicted octanol–water partition coefficient (Wildman–Crippen LogP) is 4.93. The summed E-state index contributed by atoms with van der Waals surface area (Å²) in [4.78, 5) is 12.2. The second-order valence-electron chi connectivity index (χ2n) is 8.04. The highest BCUT2D eigenvalue weighted by atomic mass is 35.5. The van der Waals surface area contributed by atoms with Gasteiger partial charge in [-0.2, -0.15) is 13.2 Å². The Hall–Kier alpha value is -2.11. The van der Waals surface area contributed by atoms with E-state index in [0.717, 1.165) is 6.07 Å². The smallest absolute Gasteiger partial charge is 0.501 e. The van der Waals surface area contributed by atoms with E-state index in [0.29, 0.717) is 28.2 Å². The Morgan fingerprint density at radius 3 is 2.16 bits per heavy atom. The molecule has 2 aromatic carbocycles. The molecule has 0 saturated heterocycles. The molecule has 1 amide bonds. The summed E-state index contributed by atoms with van der Waals surface area (Å²) in [6, 6.07) is 3.69. The van der Waals surface area contributed by atoms with Crippen molar-refractivity contribution < 1.29 is 35.7 Å². The number of hydrogen-bond donors (Lipinski definition) is 2. The van der Waals surface area contributed by atoms with Gasteiger partial charge in [0.25, 0.3) is 15.7 Å². The molecule has 0 bridgehead atoms. The highest BCUT2D eigenvalue weighted by molar-refractivity contribution is 7.92. The molecular formula is C20H21ClF3NO5S2. The van der Waals surface area contributed by atoms with E-state index in [1.165, 1.54) is 19.2 Å². The van der Waals surface area contributed by atoms with Gasteiger partial charge in [-0.05, 0) is 42.2 Å². The van der Waals surface area contributed by atoms with Crippen LogP contribution in [0.2, 0.25) is 5.02 Å². The Balaban J connectivity index is 2.54. The lowest BCUT2D eigenvalue weighted by atomic mass is 9.84. The van der Waals surface area contributed by atoms with E-state index < -0.39 is 47.4 Å². The number of nitrogens with one attached hydrogen (secondary N) is 1. The van der Waals surface area contributed by atoms with E-state index in [2.05, 4.69) is 5.32 Å². The summed E-state index contributed by atoms with van der Waals surface area (Å²) in [6.07, 6.45) is 1.44. The first-order valence-electron chi connectivity index (χ1n) is 9.02. The van der Waals surface area contributed by atoms with E-state index in [-0.39, 0.29) is 17.0 Å². The molecule has 0 aliphatic heterocycles. The van der Waals surface area contributed by atoms with Crippen LogP contribution in [0.25, 0.3) is 0 Å². The molecule has 32 heavy (non-hydrogen) atoms. The van der Waals surface area contributed by atoms with E-state index in [1.807, 2.05) is 0 Å². The highest BCUT2D eigenvalue weighted by Gasteiger charge is 2.47. The maximum absolute atomic E-state index is 12.9. The van der Waals surface area contributed by atoms with Gasteiger partial charge in [0.15, 0.2) is 0 Å². The van der Waals surface area contributed by atoms with Gasteiger partial charge < -0.3 is 10.4 Å². The number of benzene rings is 2. The predicted molar refractivity (Wildman–Crippen MR) is 117 cm³/mol. The van der Waals surface area contributed by atoms with E-state index >= 15 is 0 Å². The number of alkyl halides is 3. The molecule has 0 aliphatic carbocycles. The second-order valence-corrected chi connectivity index (χ2v) is 11.7. The number of amides is 1. The zero-order valence-corrected chi connectivity index (χ0v) is 20.1. The van der Waals surface area contributed by atoms with Gasteiger partial charge in [0.1, 0.15) is 5.75 Å². The number of rotatable bonds is 4. The Morgan fingerprint density at radius 1 is 1.16 bits per heavy atom. The molecule has 0 saturated carbocycles. The maximum atomic E-state index is 12.9. The molecule has 1 atom stereocenters. The van der Waals surface area contributed by atoms with Crippen LogP contribution >= 0.6 is 11.6 Å². The van der Waals surface area contributed by atoms with Gasteiger partial charge in [-0.3, -0.25) is 9.00 Å². The number of anilines is 1. The topological polar surface area (TPSA) is 101 Å². The number of sulfone groups is 1. The van der Waals surface area contributed by atoms with Gasteiger partial charge in [0, 0.05) is 16.7 Å². The normalized spacial score (nSPS) is 13.7. The molecule has 0 aromatic heterocycles. The molecule has 176 valence electrons. The molecule has 2 aromatic rings. The van der Waals surface area contributed by atoms with E-state index in [9.17, 15) is 35.7 Å². The van der Waals surface area contributed by atoms with Crippen molar-refractivity contribution >= 4 is 43.8 Å². The summed E-state index contributed by atoms with van der Waals surface area (Å²) in [5.74, 6) is -1.21. The Morgan fingerprint density at radius 2 is 1.72 bits per heavy atom. The summed E-state index contributed by atoms with van der Waals surface area (Å²) in [5, 5.41) is 12.8. The average molecular weight is 512 g/mol. The summed E-state index contributed by atoms with van der Waals surface area (Å²) in [6.45, 7) is 6.84. The minimum Gasteiger partial charge on any atom is -0.507 e. The summed E-state index contributed by atoms with van der Waals surface area (Å²) < 4.78 is 73.5. The van der Waals surface area contributed by atoms with Crippen LogP contribution in [0, 0.1) is 6.92 Å². The maximum Gasteiger partial charge on any atom is 0.501 e. The largest absolute Gasteiger partial charge is 0.507 e. The lowest BCUT2D eigenvalue weighted by Gasteiger charge is -2.25. The van der Waals surface area contributed by atoms with Crippen molar-refractivity contribution in [3.05, 3.63) is 46.0 Å². The van der Waals surface area contributed by atoms with Crippen molar-refractivity contribution in [2.45, 2.75) is 48.4 Å². The fourth-order valence-corrected chi connectivity index (χ4v) is 5.20. The minimum atomic E-state index is -5.61. The van der Waals surface area contributed by atoms with Crippen LogP contribution in [-0.2, 0) is 26.1 Å². The van der Waals surface area contributed by atoms with Crippen LogP contribution in [0.1, 0.15) is 42.3 Å². The molecule has 2 N–H and O–H groups in total. The first-order chi connectivity index (χ1) is 14.4. The van der Waals surface area contributed by atoms with Crippen LogP contribution < -0.4 is 5.32 Å². The van der Waals surface area contributed by atoms with Gasteiger partial charge in [0.2, 0.25) is 0 Å². The molecule has 0 aliphatic rings. The molecule has 2 rings (SSSR count). The lowest BCUT2D eigenvalue weighted by molar-refractivity contribution is -0.0436.